The third kappa shape index (κ3) is 4.01. The Bertz CT molecular complexity index is 512. The zero-order valence-corrected chi connectivity index (χ0v) is 12.4. The van der Waals surface area contributed by atoms with E-state index in [0.717, 1.165) is 44.5 Å². The molecule has 19 heavy (non-hydrogen) atoms. The zero-order valence-electron chi connectivity index (χ0n) is 11.5. The first-order valence-electron chi connectivity index (χ1n) is 6.72. The van der Waals surface area contributed by atoms with Crippen molar-refractivity contribution >= 4 is 9.84 Å². The van der Waals surface area contributed by atoms with Gasteiger partial charge in [-0.3, -0.25) is 0 Å². The third-order valence-corrected chi connectivity index (χ3v) is 5.46. The summed E-state index contributed by atoms with van der Waals surface area (Å²) in [5.41, 5.74) is 0. The molecule has 108 valence electrons. The largest absolute Gasteiger partial charge is 0.321 e. The molecule has 1 aromatic heterocycles. The van der Waals surface area contributed by atoms with Crippen molar-refractivity contribution in [2.45, 2.75) is 43.4 Å². The van der Waals surface area contributed by atoms with Crippen molar-refractivity contribution in [1.82, 2.24) is 20.1 Å². The van der Waals surface area contributed by atoms with Gasteiger partial charge in [-0.25, -0.2) is 8.42 Å². The minimum Gasteiger partial charge on any atom is -0.321 e. The second kappa shape index (κ2) is 6.00. The van der Waals surface area contributed by atoms with Gasteiger partial charge in [0.05, 0.1) is 5.25 Å². The Morgan fingerprint density at radius 2 is 2.26 bits per heavy atom. The molecule has 2 rings (SSSR count). The van der Waals surface area contributed by atoms with Crippen LogP contribution < -0.4 is 5.32 Å². The summed E-state index contributed by atoms with van der Waals surface area (Å²) < 4.78 is 25.1. The Kier molecular flexibility index (Phi) is 4.57. The van der Waals surface area contributed by atoms with Gasteiger partial charge in [-0.15, -0.1) is 10.2 Å². The highest BCUT2D eigenvalue weighted by molar-refractivity contribution is 7.91. The molecule has 1 aromatic rings. The Labute approximate surface area is 114 Å². The lowest BCUT2D eigenvalue weighted by Gasteiger charge is -2.28. The molecule has 2 unspecified atom stereocenters. The quantitative estimate of drug-likeness (QED) is 0.842. The highest BCUT2D eigenvalue weighted by atomic mass is 32.2. The molecule has 1 aliphatic rings. The molecular weight excluding hydrogens is 264 g/mol. The standard InChI is InChI=1S/C12H22N4O2S/c1-16-9-14-15-12(16)6-7-13-10-4-3-5-11(8-10)19(2,17)18/h9-11,13H,3-8H2,1-2H3. The molecule has 1 heterocycles. The summed E-state index contributed by atoms with van der Waals surface area (Å²) in [5, 5.41) is 11.1. The summed E-state index contributed by atoms with van der Waals surface area (Å²) >= 11 is 0. The van der Waals surface area contributed by atoms with Crippen molar-refractivity contribution in [3.8, 4) is 0 Å². The van der Waals surface area contributed by atoms with Crippen molar-refractivity contribution in [1.29, 1.82) is 0 Å². The van der Waals surface area contributed by atoms with E-state index in [9.17, 15) is 8.42 Å². The molecule has 0 aliphatic heterocycles. The van der Waals surface area contributed by atoms with E-state index in [4.69, 9.17) is 0 Å². The van der Waals surface area contributed by atoms with E-state index in [0.29, 0.717) is 6.04 Å². The average molecular weight is 286 g/mol. The molecule has 1 aliphatic carbocycles. The molecule has 1 N–H and O–H groups in total. The van der Waals surface area contributed by atoms with E-state index >= 15 is 0 Å². The summed E-state index contributed by atoms with van der Waals surface area (Å²) in [6.07, 6.45) is 7.44. The molecule has 0 spiro atoms. The van der Waals surface area contributed by atoms with Gasteiger partial charge in [-0.1, -0.05) is 6.42 Å². The molecule has 1 fully saturated rings. The number of nitrogens with one attached hydrogen (secondary N) is 1. The van der Waals surface area contributed by atoms with Gasteiger partial charge in [0.25, 0.3) is 0 Å². The summed E-state index contributed by atoms with van der Waals surface area (Å²) in [6.45, 7) is 0.813. The van der Waals surface area contributed by atoms with Crippen LogP contribution in [0, 0.1) is 0 Å². The topological polar surface area (TPSA) is 76.9 Å². The minimum atomic E-state index is -2.90. The lowest BCUT2D eigenvalue weighted by atomic mass is 9.95. The number of sulfone groups is 1. The number of rotatable bonds is 5. The Morgan fingerprint density at radius 1 is 1.47 bits per heavy atom. The Hall–Kier alpha value is -0.950. The maximum atomic E-state index is 11.6. The summed E-state index contributed by atoms with van der Waals surface area (Å²) in [6, 6.07) is 0.307. The average Bonchev–Trinajstić information content (AvgIpc) is 2.75. The predicted octanol–water partition coefficient (Wildman–Crippen LogP) is 0.303. The molecule has 0 bridgehead atoms. The summed E-state index contributed by atoms with van der Waals surface area (Å²) in [5.74, 6) is 0.947. The smallest absolute Gasteiger partial charge is 0.150 e. The van der Waals surface area contributed by atoms with Crippen molar-refractivity contribution in [3.63, 3.8) is 0 Å². The highest BCUT2D eigenvalue weighted by Crippen LogP contribution is 2.23. The Morgan fingerprint density at radius 3 is 2.89 bits per heavy atom. The van der Waals surface area contributed by atoms with Crippen LogP contribution in [0.4, 0.5) is 0 Å². The molecule has 0 aromatic carbocycles. The molecule has 0 amide bonds. The fourth-order valence-corrected chi connectivity index (χ4v) is 3.82. The predicted molar refractivity (Wildman–Crippen MR) is 73.6 cm³/mol. The Balaban J connectivity index is 1.79. The maximum absolute atomic E-state index is 11.6. The second-order valence-electron chi connectivity index (χ2n) is 5.38. The molecule has 0 radical (unpaired) electrons. The molecular formula is C12H22N4O2S. The van der Waals surface area contributed by atoms with E-state index in [-0.39, 0.29) is 5.25 Å². The van der Waals surface area contributed by atoms with Gasteiger partial charge >= 0.3 is 0 Å². The number of hydrogen-bond acceptors (Lipinski definition) is 5. The SMILES string of the molecule is Cn1cnnc1CCNC1CCCC(S(C)(=O)=O)C1. The van der Waals surface area contributed by atoms with E-state index in [2.05, 4.69) is 15.5 Å². The number of hydrogen-bond donors (Lipinski definition) is 1. The lowest BCUT2D eigenvalue weighted by molar-refractivity contribution is 0.372. The van der Waals surface area contributed by atoms with E-state index in [1.54, 1.807) is 6.33 Å². The van der Waals surface area contributed by atoms with Crippen molar-refractivity contribution in [3.05, 3.63) is 12.2 Å². The second-order valence-corrected chi connectivity index (χ2v) is 7.70. The van der Waals surface area contributed by atoms with Gasteiger partial charge in [0.1, 0.15) is 22.0 Å². The molecule has 6 nitrogen and oxygen atoms in total. The van der Waals surface area contributed by atoms with Crippen LogP contribution in [0.5, 0.6) is 0 Å². The first-order valence-corrected chi connectivity index (χ1v) is 8.67. The fraction of sp³-hybridized carbons (Fsp3) is 0.833. The molecule has 0 saturated heterocycles. The van der Waals surface area contributed by atoms with Gasteiger partial charge < -0.3 is 9.88 Å². The van der Waals surface area contributed by atoms with Crippen LogP contribution in [-0.4, -0.2) is 47.3 Å². The summed E-state index contributed by atoms with van der Waals surface area (Å²) in [4.78, 5) is 0. The van der Waals surface area contributed by atoms with Crippen LogP contribution in [-0.2, 0) is 23.3 Å². The first-order chi connectivity index (χ1) is 8.97. The zero-order chi connectivity index (χ0) is 13.9. The van der Waals surface area contributed by atoms with Crippen LogP contribution in [0.2, 0.25) is 0 Å². The van der Waals surface area contributed by atoms with Crippen LogP contribution >= 0.6 is 0 Å². The molecule has 7 heteroatoms. The van der Waals surface area contributed by atoms with Crippen molar-refractivity contribution < 1.29 is 8.42 Å². The van der Waals surface area contributed by atoms with E-state index < -0.39 is 9.84 Å². The lowest BCUT2D eigenvalue weighted by Crippen LogP contribution is -2.39. The molecule has 2 atom stereocenters. The monoisotopic (exact) mass is 286 g/mol. The number of aryl methyl sites for hydroxylation is 1. The third-order valence-electron chi connectivity index (χ3n) is 3.82. The van der Waals surface area contributed by atoms with Crippen LogP contribution in [0.1, 0.15) is 31.5 Å². The number of aromatic nitrogens is 3. The van der Waals surface area contributed by atoms with Crippen molar-refractivity contribution in [2.24, 2.45) is 7.05 Å². The van der Waals surface area contributed by atoms with E-state index in [1.165, 1.54) is 6.26 Å². The van der Waals surface area contributed by atoms with Gasteiger partial charge in [0, 0.05) is 32.3 Å². The van der Waals surface area contributed by atoms with Crippen LogP contribution in [0.25, 0.3) is 0 Å². The van der Waals surface area contributed by atoms with Gasteiger partial charge in [-0.05, 0) is 19.3 Å². The van der Waals surface area contributed by atoms with Crippen LogP contribution in [0.15, 0.2) is 6.33 Å². The van der Waals surface area contributed by atoms with Crippen molar-refractivity contribution in [2.75, 3.05) is 12.8 Å². The highest BCUT2D eigenvalue weighted by Gasteiger charge is 2.28. The van der Waals surface area contributed by atoms with Gasteiger partial charge in [0.2, 0.25) is 0 Å². The minimum absolute atomic E-state index is 0.173. The van der Waals surface area contributed by atoms with E-state index in [1.807, 2.05) is 11.6 Å². The molecule has 1 saturated carbocycles. The van der Waals surface area contributed by atoms with Crippen LogP contribution in [0.3, 0.4) is 0 Å². The van der Waals surface area contributed by atoms with Gasteiger partial charge in [-0.2, -0.15) is 0 Å². The first kappa shape index (κ1) is 14.5. The maximum Gasteiger partial charge on any atom is 0.150 e. The fourth-order valence-electron chi connectivity index (χ4n) is 2.64. The normalized spacial score (nSPS) is 24.5. The summed E-state index contributed by atoms with van der Waals surface area (Å²) in [7, 11) is -0.974. The number of nitrogens with zero attached hydrogens (tertiary/aromatic N) is 3. The van der Waals surface area contributed by atoms with Gasteiger partial charge in [0.15, 0.2) is 0 Å².